The van der Waals surface area contributed by atoms with E-state index in [-0.39, 0.29) is 5.54 Å². The predicted molar refractivity (Wildman–Crippen MR) is 61.3 cm³/mol. The summed E-state index contributed by atoms with van der Waals surface area (Å²) in [5, 5.41) is 4.23. The molecule has 2 rings (SSSR count). The summed E-state index contributed by atoms with van der Waals surface area (Å²) in [6.45, 7) is 4.59. The molecule has 1 fully saturated rings. The maximum Gasteiger partial charge on any atom is 0.0540 e. The van der Waals surface area contributed by atoms with Crippen LogP contribution in [0.15, 0.2) is 12.4 Å². The van der Waals surface area contributed by atoms with Gasteiger partial charge in [-0.2, -0.15) is 5.10 Å². The van der Waals surface area contributed by atoms with Crippen molar-refractivity contribution in [3.8, 4) is 0 Å². The highest BCUT2D eigenvalue weighted by Gasteiger charge is 2.38. The van der Waals surface area contributed by atoms with Gasteiger partial charge in [-0.1, -0.05) is 13.8 Å². The molecule has 3 unspecified atom stereocenters. The fourth-order valence-corrected chi connectivity index (χ4v) is 2.75. The number of hydrogen-bond acceptors (Lipinski definition) is 2. The van der Waals surface area contributed by atoms with Crippen LogP contribution in [0.5, 0.6) is 0 Å². The molecule has 0 radical (unpaired) electrons. The van der Waals surface area contributed by atoms with Crippen molar-refractivity contribution in [2.24, 2.45) is 24.6 Å². The van der Waals surface area contributed by atoms with E-state index in [2.05, 4.69) is 25.1 Å². The van der Waals surface area contributed by atoms with E-state index in [1.54, 1.807) is 0 Å². The predicted octanol–water partition coefficient (Wildman–Crippen LogP) is 2.03. The molecule has 1 aromatic rings. The normalized spacial score (nSPS) is 36.8. The zero-order chi connectivity index (χ0) is 11.1. The van der Waals surface area contributed by atoms with Gasteiger partial charge in [-0.3, -0.25) is 4.68 Å². The summed E-state index contributed by atoms with van der Waals surface area (Å²) in [6.07, 6.45) is 7.53. The average molecular weight is 207 g/mol. The summed E-state index contributed by atoms with van der Waals surface area (Å²) in [7, 11) is 1.95. The van der Waals surface area contributed by atoms with Crippen LogP contribution in [0, 0.1) is 11.8 Å². The van der Waals surface area contributed by atoms with Crippen LogP contribution in [0.2, 0.25) is 0 Å². The molecule has 3 heteroatoms. The maximum absolute atomic E-state index is 6.55. The Morgan fingerprint density at radius 2 is 2.27 bits per heavy atom. The van der Waals surface area contributed by atoms with Gasteiger partial charge in [0.25, 0.3) is 0 Å². The molecule has 0 amide bonds. The van der Waals surface area contributed by atoms with E-state index >= 15 is 0 Å². The van der Waals surface area contributed by atoms with Crippen LogP contribution in [0.4, 0.5) is 0 Å². The van der Waals surface area contributed by atoms with Crippen molar-refractivity contribution in [2.75, 3.05) is 0 Å². The lowest BCUT2D eigenvalue weighted by Crippen LogP contribution is -2.46. The Hall–Kier alpha value is -0.830. The molecular weight excluding hydrogens is 186 g/mol. The molecule has 0 saturated heterocycles. The zero-order valence-corrected chi connectivity index (χ0v) is 9.90. The van der Waals surface area contributed by atoms with E-state index in [9.17, 15) is 0 Å². The largest absolute Gasteiger partial charge is 0.321 e. The molecule has 84 valence electrons. The Bertz CT molecular complexity index is 344. The second-order valence-corrected chi connectivity index (χ2v) is 5.22. The van der Waals surface area contributed by atoms with Crippen molar-refractivity contribution in [3.63, 3.8) is 0 Å². The first-order valence-corrected chi connectivity index (χ1v) is 5.80. The monoisotopic (exact) mass is 207 g/mol. The van der Waals surface area contributed by atoms with Gasteiger partial charge in [-0.15, -0.1) is 0 Å². The SMILES string of the molecule is CC1CCC(N)(c2cnn(C)c2)C(C)C1. The van der Waals surface area contributed by atoms with Crippen LogP contribution in [0.3, 0.4) is 0 Å². The molecule has 15 heavy (non-hydrogen) atoms. The van der Waals surface area contributed by atoms with E-state index in [0.29, 0.717) is 5.92 Å². The molecule has 1 heterocycles. The third kappa shape index (κ3) is 1.81. The third-order valence-corrected chi connectivity index (χ3v) is 3.93. The van der Waals surface area contributed by atoms with Crippen LogP contribution in [0.25, 0.3) is 0 Å². The second kappa shape index (κ2) is 3.63. The first-order chi connectivity index (χ1) is 7.02. The lowest BCUT2D eigenvalue weighted by molar-refractivity contribution is 0.164. The standard InChI is InChI=1S/C12H21N3/c1-9-4-5-12(13,10(2)6-9)11-7-14-15(3)8-11/h7-10H,4-6,13H2,1-3H3. The molecule has 1 saturated carbocycles. The highest BCUT2D eigenvalue weighted by molar-refractivity contribution is 5.20. The summed E-state index contributed by atoms with van der Waals surface area (Å²) in [6, 6.07) is 0. The van der Waals surface area contributed by atoms with E-state index in [1.165, 1.54) is 18.4 Å². The summed E-state index contributed by atoms with van der Waals surface area (Å²) in [5.41, 5.74) is 7.59. The van der Waals surface area contributed by atoms with Gasteiger partial charge < -0.3 is 5.73 Å². The molecule has 0 spiro atoms. The quantitative estimate of drug-likeness (QED) is 0.765. The fourth-order valence-electron chi connectivity index (χ4n) is 2.75. The molecule has 3 atom stereocenters. The Labute approximate surface area is 91.7 Å². The molecule has 3 nitrogen and oxygen atoms in total. The van der Waals surface area contributed by atoms with Crippen LogP contribution in [0.1, 0.15) is 38.7 Å². The molecular formula is C12H21N3. The third-order valence-electron chi connectivity index (χ3n) is 3.93. The number of hydrogen-bond donors (Lipinski definition) is 1. The number of nitrogens with two attached hydrogens (primary N) is 1. The number of aryl methyl sites for hydroxylation is 1. The number of aromatic nitrogens is 2. The molecule has 1 aromatic heterocycles. The van der Waals surface area contributed by atoms with Crippen molar-refractivity contribution in [3.05, 3.63) is 18.0 Å². The van der Waals surface area contributed by atoms with Gasteiger partial charge in [0.15, 0.2) is 0 Å². The van der Waals surface area contributed by atoms with Gasteiger partial charge in [0.05, 0.1) is 6.20 Å². The first kappa shape index (κ1) is 10.7. The smallest absolute Gasteiger partial charge is 0.0540 e. The summed E-state index contributed by atoms with van der Waals surface area (Å²) in [4.78, 5) is 0. The average Bonchev–Trinajstić information content (AvgIpc) is 2.60. The van der Waals surface area contributed by atoms with Gasteiger partial charge in [0.1, 0.15) is 0 Å². The highest BCUT2D eigenvalue weighted by Crippen LogP contribution is 2.41. The van der Waals surface area contributed by atoms with Gasteiger partial charge in [-0.25, -0.2) is 0 Å². The Morgan fingerprint density at radius 3 is 2.80 bits per heavy atom. The molecule has 2 N–H and O–H groups in total. The molecule has 1 aliphatic carbocycles. The summed E-state index contributed by atoms with van der Waals surface area (Å²) >= 11 is 0. The second-order valence-electron chi connectivity index (χ2n) is 5.22. The molecule has 0 aromatic carbocycles. The zero-order valence-electron chi connectivity index (χ0n) is 9.90. The van der Waals surface area contributed by atoms with E-state index in [0.717, 1.165) is 12.3 Å². The van der Waals surface area contributed by atoms with Crippen molar-refractivity contribution in [1.82, 2.24) is 9.78 Å². The lowest BCUT2D eigenvalue weighted by Gasteiger charge is -2.41. The van der Waals surface area contributed by atoms with E-state index < -0.39 is 0 Å². The van der Waals surface area contributed by atoms with Gasteiger partial charge >= 0.3 is 0 Å². The molecule has 1 aliphatic rings. The van der Waals surface area contributed by atoms with Crippen molar-refractivity contribution < 1.29 is 0 Å². The lowest BCUT2D eigenvalue weighted by atomic mass is 9.68. The Morgan fingerprint density at radius 1 is 1.53 bits per heavy atom. The number of rotatable bonds is 1. The minimum Gasteiger partial charge on any atom is -0.321 e. The fraction of sp³-hybridized carbons (Fsp3) is 0.750. The minimum absolute atomic E-state index is 0.152. The summed E-state index contributed by atoms with van der Waals surface area (Å²) < 4.78 is 1.84. The van der Waals surface area contributed by atoms with Crippen molar-refractivity contribution in [2.45, 2.75) is 38.6 Å². The highest BCUT2D eigenvalue weighted by atomic mass is 15.2. The van der Waals surface area contributed by atoms with Crippen LogP contribution >= 0.6 is 0 Å². The minimum atomic E-state index is -0.152. The Balaban J connectivity index is 2.26. The topological polar surface area (TPSA) is 43.8 Å². The van der Waals surface area contributed by atoms with Crippen LogP contribution in [-0.2, 0) is 12.6 Å². The number of nitrogens with zero attached hydrogens (tertiary/aromatic N) is 2. The first-order valence-electron chi connectivity index (χ1n) is 5.80. The van der Waals surface area contributed by atoms with Crippen molar-refractivity contribution in [1.29, 1.82) is 0 Å². The molecule has 0 bridgehead atoms. The van der Waals surface area contributed by atoms with Gasteiger partial charge in [0.2, 0.25) is 0 Å². The Kier molecular flexibility index (Phi) is 2.59. The van der Waals surface area contributed by atoms with E-state index in [1.807, 2.05) is 17.9 Å². The van der Waals surface area contributed by atoms with Gasteiger partial charge in [-0.05, 0) is 31.1 Å². The van der Waals surface area contributed by atoms with Crippen LogP contribution < -0.4 is 5.73 Å². The van der Waals surface area contributed by atoms with Gasteiger partial charge in [0, 0.05) is 24.3 Å². The van der Waals surface area contributed by atoms with E-state index in [4.69, 9.17) is 5.73 Å². The summed E-state index contributed by atoms with van der Waals surface area (Å²) in [5.74, 6) is 1.36. The molecule has 0 aliphatic heterocycles. The van der Waals surface area contributed by atoms with Crippen LogP contribution in [-0.4, -0.2) is 9.78 Å². The maximum atomic E-state index is 6.55. The van der Waals surface area contributed by atoms with Crippen molar-refractivity contribution >= 4 is 0 Å².